The fourth-order valence-electron chi connectivity index (χ4n) is 1.09. The molecule has 0 saturated heterocycles. The van der Waals surface area contributed by atoms with Gasteiger partial charge in [-0.2, -0.15) is 0 Å². The molecule has 3 nitrogen and oxygen atoms in total. The molecule has 0 aliphatic rings. The summed E-state index contributed by atoms with van der Waals surface area (Å²) in [5.41, 5.74) is 0.583. The minimum absolute atomic E-state index is 0.00421. The van der Waals surface area contributed by atoms with Gasteiger partial charge in [-0.05, 0) is 18.2 Å². The molecule has 1 aromatic heterocycles. The highest BCUT2D eigenvalue weighted by molar-refractivity contribution is 6.31. The van der Waals surface area contributed by atoms with Crippen LogP contribution in [0.1, 0.15) is 0 Å². The molecule has 0 saturated carbocycles. The van der Waals surface area contributed by atoms with Crippen LogP contribution in [-0.4, -0.2) is 5.16 Å². The van der Waals surface area contributed by atoms with E-state index in [4.69, 9.17) is 11.6 Å². The predicted octanol–water partition coefficient (Wildman–Crippen LogP) is 2.43. The molecule has 0 amide bonds. The molecule has 0 fully saturated rings. The Kier molecular flexibility index (Phi) is 2.13. The molecule has 0 spiro atoms. The van der Waals surface area contributed by atoms with Gasteiger partial charge in [0.05, 0.1) is 16.8 Å². The third-order valence-corrected chi connectivity index (χ3v) is 2.04. The SMILES string of the molecule is O=c1cc(-c2ccc(F)c(Cl)c2)[nH]o1. The van der Waals surface area contributed by atoms with Gasteiger partial charge in [0.25, 0.3) is 0 Å². The highest BCUT2D eigenvalue weighted by Crippen LogP contribution is 2.22. The van der Waals surface area contributed by atoms with Gasteiger partial charge in [0.2, 0.25) is 0 Å². The average molecular weight is 214 g/mol. The third-order valence-electron chi connectivity index (χ3n) is 1.75. The van der Waals surface area contributed by atoms with Crippen molar-refractivity contribution in [2.24, 2.45) is 0 Å². The molecule has 72 valence electrons. The summed E-state index contributed by atoms with van der Waals surface area (Å²) in [6, 6.07) is 5.41. The van der Waals surface area contributed by atoms with Crippen LogP contribution in [0, 0.1) is 5.82 Å². The summed E-state index contributed by atoms with van der Waals surface area (Å²) >= 11 is 5.57. The van der Waals surface area contributed by atoms with Gasteiger partial charge in [-0.25, -0.2) is 14.3 Å². The summed E-state index contributed by atoms with van der Waals surface area (Å²) in [7, 11) is 0. The van der Waals surface area contributed by atoms with Crippen LogP contribution in [0.4, 0.5) is 4.39 Å². The average Bonchev–Trinajstić information content (AvgIpc) is 2.57. The Morgan fingerprint density at radius 3 is 2.71 bits per heavy atom. The van der Waals surface area contributed by atoms with Gasteiger partial charge in [-0.15, -0.1) is 0 Å². The van der Waals surface area contributed by atoms with Crippen molar-refractivity contribution in [3.63, 3.8) is 0 Å². The molecule has 0 atom stereocenters. The molecule has 1 heterocycles. The van der Waals surface area contributed by atoms with Crippen molar-refractivity contribution in [2.75, 3.05) is 0 Å². The molecule has 2 rings (SSSR count). The second-order valence-electron chi connectivity index (χ2n) is 2.71. The van der Waals surface area contributed by atoms with E-state index in [1.54, 1.807) is 0 Å². The molecular formula is C9H5ClFNO2. The van der Waals surface area contributed by atoms with Gasteiger partial charge in [-0.1, -0.05) is 11.6 Å². The topological polar surface area (TPSA) is 46.0 Å². The van der Waals surface area contributed by atoms with Crippen LogP contribution in [0.25, 0.3) is 11.3 Å². The monoisotopic (exact) mass is 213 g/mol. The van der Waals surface area contributed by atoms with E-state index in [9.17, 15) is 9.18 Å². The van der Waals surface area contributed by atoms with Crippen molar-refractivity contribution in [2.45, 2.75) is 0 Å². The van der Waals surface area contributed by atoms with Crippen molar-refractivity contribution >= 4 is 11.6 Å². The van der Waals surface area contributed by atoms with Gasteiger partial charge in [0.1, 0.15) is 5.82 Å². The highest BCUT2D eigenvalue weighted by Gasteiger charge is 2.05. The lowest BCUT2D eigenvalue weighted by atomic mass is 10.1. The van der Waals surface area contributed by atoms with Crippen LogP contribution in [-0.2, 0) is 0 Å². The summed E-state index contributed by atoms with van der Waals surface area (Å²) in [6.07, 6.45) is 0. The lowest BCUT2D eigenvalue weighted by molar-refractivity contribution is 0.394. The number of aromatic nitrogens is 1. The number of aromatic amines is 1. The molecule has 0 aliphatic carbocycles. The standard InChI is InChI=1S/C9H5ClFNO2/c10-6-3-5(1-2-7(6)11)8-4-9(13)14-12-8/h1-4,12H. The van der Waals surface area contributed by atoms with E-state index in [-0.39, 0.29) is 5.02 Å². The Balaban J connectivity index is 2.52. The second kappa shape index (κ2) is 3.31. The normalized spacial score (nSPS) is 10.4. The van der Waals surface area contributed by atoms with Crippen molar-refractivity contribution < 1.29 is 8.91 Å². The van der Waals surface area contributed by atoms with E-state index >= 15 is 0 Å². The fraction of sp³-hybridized carbons (Fsp3) is 0. The van der Waals surface area contributed by atoms with Crippen LogP contribution in [0.3, 0.4) is 0 Å². The first kappa shape index (κ1) is 9.02. The molecule has 2 aromatic rings. The summed E-state index contributed by atoms with van der Waals surface area (Å²) in [4.78, 5) is 10.7. The summed E-state index contributed by atoms with van der Waals surface area (Å²) in [5, 5.41) is 2.40. The Morgan fingerprint density at radius 2 is 2.14 bits per heavy atom. The number of nitrogens with one attached hydrogen (secondary N) is 1. The van der Waals surface area contributed by atoms with Gasteiger partial charge in [0.15, 0.2) is 0 Å². The molecule has 1 N–H and O–H groups in total. The zero-order valence-corrected chi connectivity index (χ0v) is 7.64. The van der Waals surface area contributed by atoms with E-state index in [0.717, 1.165) is 0 Å². The van der Waals surface area contributed by atoms with E-state index < -0.39 is 11.4 Å². The fourth-order valence-corrected chi connectivity index (χ4v) is 1.27. The number of rotatable bonds is 1. The van der Waals surface area contributed by atoms with Gasteiger partial charge < -0.3 is 4.52 Å². The zero-order chi connectivity index (χ0) is 10.1. The van der Waals surface area contributed by atoms with E-state index in [1.807, 2.05) is 0 Å². The van der Waals surface area contributed by atoms with Gasteiger partial charge in [-0.3, -0.25) is 0 Å². The summed E-state index contributed by atoms with van der Waals surface area (Å²) < 4.78 is 17.3. The Bertz CT molecular complexity index is 518. The van der Waals surface area contributed by atoms with Crippen LogP contribution in [0.5, 0.6) is 0 Å². The third kappa shape index (κ3) is 1.56. The Hall–Kier alpha value is -1.55. The number of H-pyrrole nitrogens is 1. The first-order chi connectivity index (χ1) is 6.66. The molecular weight excluding hydrogens is 209 g/mol. The Morgan fingerprint density at radius 1 is 1.36 bits per heavy atom. The maximum atomic E-state index is 12.8. The van der Waals surface area contributed by atoms with Crippen LogP contribution in [0.2, 0.25) is 5.02 Å². The van der Waals surface area contributed by atoms with Crippen LogP contribution < -0.4 is 5.63 Å². The second-order valence-corrected chi connectivity index (χ2v) is 3.12. The summed E-state index contributed by atoms with van der Waals surface area (Å²) in [6.45, 7) is 0. The predicted molar refractivity (Wildman–Crippen MR) is 49.7 cm³/mol. The molecule has 5 heteroatoms. The summed E-state index contributed by atoms with van der Waals surface area (Å²) in [5.74, 6) is -0.499. The van der Waals surface area contributed by atoms with E-state index in [1.165, 1.54) is 24.3 Å². The number of hydrogen-bond donors (Lipinski definition) is 1. The van der Waals surface area contributed by atoms with Crippen molar-refractivity contribution in [3.05, 3.63) is 45.5 Å². The smallest absolute Gasteiger partial charge is 0.339 e. The molecule has 0 aliphatic heterocycles. The first-order valence-corrected chi connectivity index (χ1v) is 4.18. The molecule has 1 aromatic carbocycles. The van der Waals surface area contributed by atoms with E-state index in [2.05, 4.69) is 9.68 Å². The van der Waals surface area contributed by atoms with Crippen molar-refractivity contribution in [1.29, 1.82) is 0 Å². The maximum Gasteiger partial charge on any atom is 0.357 e. The molecule has 14 heavy (non-hydrogen) atoms. The van der Waals surface area contributed by atoms with Gasteiger partial charge in [0, 0.05) is 5.56 Å². The molecule has 0 bridgehead atoms. The number of benzene rings is 1. The van der Waals surface area contributed by atoms with Crippen LogP contribution in [0.15, 0.2) is 33.6 Å². The quantitative estimate of drug-likeness (QED) is 0.791. The van der Waals surface area contributed by atoms with Crippen molar-refractivity contribution in [3.8, 4) is 11.3 Å². The minimum atomic E-state index is -0.499. The van der Waals surface area contributed by atoms with Crippen molar-refractivity contribution in [1.82, 2.24) is 5.16 Å². The lowest BCUT2D eigenvalue weighted by Crippen LogP contribution is -1.85. The largest absolute Gasteiger partial charge is 0.357 e. The Labute approximate surface area is 83.1 Å². The number of hydrogen-bond acceptors (Lipinski definition) is 2. The minimum Gasteiger partial charge on any atom is -0.339 e. The molecule has 0 radical (unpaired) electrons. The maximum absolute atomic E-state index is 12.8. The highest BCUT2D eigenvalue weighted by atomic mass is 35.5. The first-order valence-electron chi connectivity index (χ1n) is 3.81. The zero-order valence-electron chi connectivity index (χ0n) is 6.88. The van der Waals surface area contributed by atoms with Crippen LogP contribution >= 0.6 is 11.6 Å². The van der Waals surface area contributed by atoms with E-state index in [0.29, 0.717) is 11.3 Å². The molecule has 0 unspecified atom stereocenters. The lowest BCUT2D eigenvalue weighted by Gasteiger charge is -1.97. The number of halogens is 2. The van der Waals surface area contributed by atoms with Gasteiger partial charge >= 0.3 is 5.63 Å².